The predicted octanol–water partition coefficient (Wildman–Crippen LogP) is 3.48. The molecular formula is C12H12FeO. The van der Waals surface area contributed by atoms with Crippen LogP contribution in [0.3, 0.4) is 0 Å². The summed E-state index contributed by atoms with van der Waals surface area (Å²) in [7, 11) is 0. The third-order valence-corrected chi connectivity index (χ3v) is 2.06. The zero-order valence-corrected chi connectivity index (χ0v) is 9.11. The van der Waals surface area contributed by atoms with Crippen molar-refractivity contribution in [2.45, 2.75) is 13.3 Å². The summed E-state index contributed by atoms with van der Waals surface area (Å²) in [5, 5.41) is 0. The molecule has 2 heteroatoms. The van der Waals surface area contributed by atoms with Crippen LogP contribution in [-0.2, 0) is 23.5 Å². The van der Waals surface area contributed by atoms with Gasteiger partial charge < -0.3 is 4.74 Å². The standard InChI is InChI=1S/C7H7O.C5H5.Fe/c1-2-5-3-4-6-7(5)8-6;1-2-4-5-3-1;/h3-4H,2H2,1H3;1-5H;/q2*-1;+2. The predicted molar refractivity (Wildman–Crippen MR) is 53.5 cm³/mol. The van der Waals surface area contributed by atoms with Gasteiger partial charge in [-0.1, -0.05) is 13.3 Å². The first-order valence-corrected chi connectivity index (χ1v) is 4.55. The molecule has 3 rings (SSSR count). The normalized spacial score (nSPS) is 10.1. The summed E-state index contributed by atoms with van der Waals surface area (Å²) in [4.78, 5) is 0. The molecule has 0 amide bonds. The zero-order chi connectivity index (χ0) is 9.10. The fraction of sp³-hybridized carbons (Fsp3) is 0.167. The van der Waals surface area contributed by atoms with E-state index in [1.54, 1.807) is 0 Å². The van der Waals surface area contributed by atoms with Crippen LogP contribution in [0.1, 0.15) is 12.5 Å². The van der Waals surface area contributed by atoms with Gasteiger partial charge in [0.2, 0.25) is 0 Å². The Kier molecular flexibility index (Phi) is 3.99. The first-order valence-electron chi connectivity index (χ1n) is 4.55. The summed E-state index contributed by atoms with van der Waals surface area (Å²) in [6.07, 6.45) is 1.09. The Morgan fingerprint density at radius 3 is 2.29 bits per heavy atom. The zero-order valence-electron chi connectivity index (χ0n) is 8.01. The van der Waals surface area contributed by atoms with Gasteiger partial charge in [0.15, 0.2) is 0 Å². The molecule has 0 unspecified atom stereocenters. The molecule has 0 atom stereocenters. The van der Waals surface area contributed by atoms with E-state index in [1.807, 2.05) is 36.4 Å². The van der Waals surface area contributed by atoms with E-state index in [-0.39, 0.29) is 17.1 Å². The summed E-state index contributed by atoms with van der Waals surface area (Å²) in [6, 6.07) is 14.1. The van der Waals surface area contributed by atoms with E-state index in [0.717, 1.165) is 17.9 Å². The van der Waals surface area contributed by atoms with E-state index in [9.17, 15) is 0 Å². The van der Waals surface area contributed by atoms with Crippen LogP contribution in [0.25, 0.3) is 0 Å². The van der Waals surface area contributed by atoms with Crippen LogP contribution in [0, 0.1) is 0 Å². The van der Waals surface area contributed by atoms with Crippen LogP contribution in [-0.4, -0.2) is 0 Å². The number of rotatable bonds is 1. The van der Waals surface area contributed by atoms with Gasteiger partial charge in [-0.3, -0.25) is 0 Å². The van der Waals surface area contributed by atoms with E-state index in [4.69, 9.17) is 4.74 Å². The van der Waals surface area contributed by atoms with Gasteiger partial charge in [-0.25, -0.2) is 12.1 Å². The maximum atomic E-state index is 5.07. The van der Waals surface area contributed by atoms with E-state index < -0.39 is 0 Å². The van der Waals surface area contributed by atoms with Gasteiger partial charge in [0, 0.05) is 11.5 Å². The average Bonchev–Trinajstić information content (AvgIpc) is 2.67. The SMILES string of the molecule is CCc1cc[c-]2c1O2.[Fe+2].c1cc[cH-]c1. The fourth-order valence-electron chi connectivity index (χ4n) is 1.27. The summed E-state index contributed by atoms with van der Waals surface area (Å²) >= 11 is 0. The molecule has 0 aromatic heterocycles. The van der Waals surface area contributed by atoms with E-state index in [0.29, 0.717) is 0 Å². The summed E-state index contributed by atoms with van der Waals surface area (Å²) in [5.41, 5.74) is 1.35. The molecule has 0 radical (unpaired) electrons. The van der Waals surface area contributed by atoms with Crippen LogP contribution in [0.15, 0.2) is 42.5 Å². The number of ether oxygens (including phenoxy) is 1. The molecule has 14 heavy (non-hydrogen) atoms. The molecule has 0 fully saturated rings. The molecule has 74 valence electrons. The van der Waals surface area contributed by atoms with Crippen molar-refractivity contribution < 1.29 is 21.8 Å². The molecule has 2 aromatic rings. The maximum absolute atomic E-state index is 5.07. The Balaban J connectivity index is 0.000000144. The maximum Gasteiger partial charge on any atom is 2.00 e. The Labute approximate surface area is 94.9 Å². The van der Waals surface area contributed by atoms with Gasteiger partial charge in [0.05, 0.1) is 0 Å². The molecule has 1 nitrogen and oxygen atoms in total. The minimum absolute atomic E-state index is 0. The number of fused-ring (bicyclic) bond motifs is 1. The molecular weight excluding hydrogens is 216 g/mol. The minimum Gasteiger partial charge on any atom is -0.565 e. The molecule has 0 spiro atoms. The Bertz CT molecular complexity index is 342. The second-order valence-corrected chi connectivity index (χ2v) is 2.97. The summed E-state index contributed by atoms with van der Waals surface area (Å²) in [5.74, 6) is 2.22. The van der Waals surface area contributed by atoms with Crippen LogP contribution >= 0.6 is 0 Å². The Morgan fingerprint density at radius 1 is 1.36 bits per heavy atom. The van der Waals surface area contributed by atoms with Gasteiger partial charge in [-0.15, -0.1) is 6.07 Å². The van der Waals surface area contributed by atoms with E-state index in [2.05, 4.69) is 13.0 Å². The van der Waals surface area contributed by atoms with E-state index >= 15 is 0 Å². The van der Waals surface area contributed by atoms with Crippen LogP contribution in [0.4, 0.5) is 0 Å². The van der Waals surface area contributed by atoms with Gasteiger partial charge in [0.25, 0.3) is 0 Å². The van der Waals surface area contributed by atoms with Crippen LogP contribution in [0.5, 0.6) is 11.5 Å². The van der Waals surface area contributed by atoms with E-state index in [1.165, 1.54) is 5.56 Å². The number of hydrogen-bond donors (Lipinski definition) is 0. The third kappa shape index (κ3) is 2.50. The van der Waals surface area contributed by atoms with Crippen molar-refractivity contribution in [3.8, 4) is 11.5 Å². The third-order valence-electron chi connectivity index (χ3n) is 2.06. The topological polar surface area (TPSA) is 12.5 Å². The second-order valence-electron chi connectivity index (χ2n) is 2.97. The van der Waals surface area contributed by atoms with Crippen molar-refractivity contribution in [3.63, 3.8) is 0 Å². The number of hydrogen-bond acceptors (Lipinski definition) is 1. The van der Waals surface area contributed by atoms with Gasteiger partial charge in [-0.05, 0) is 0 Å². The Morgan fingerprint density at radius 2 is 2.07 bits per heavy atom. The van der Waals surface area contributed by atoms with Crippen molar-refractivity contribution >= 4 is 0 Å². The minimum atomic E-state index is 0. The van der Waals surface area contributed by atoms with Gasteiger partial charge >= 0.3 is 17.1 Å². The fourth-order valence-corrected chi connectivity index (χ4v) is 1.27. The van der Waals surface area contributed by atoms with Gasteiger partial charge in [-0.2, -0.15) is 29.8 Å². The average molecular weight is 228 g/mol. The van der Waals surface area contributed by atoms with Crippen molar-refractivity contribution in [1.29, 1.82) is 0 Å². The monoisotopic (exact) mass is 228 g/mol. The molecule has 0 saturated heterocycles. The summed E-state index contributed by atoms with van der Waals surface area (Å²) < 4.78 is 5.07. The molecule has 0 saturated carbocycles. The molecule has 0 N–H and O–H groups in total. The Hall–Kier alpha value is -0.981. The summed E-state index contributed by atoms with van der Waals surface area (Å²) in [6.45, 7) is 2.14. The van der Waals surface area contributed by atoms with Crippen molar-refractivity contribution in [2.75, 3.05) is 0 Å². The first-order chi connectivity index (χ1) is 6.42. The largest absolute Gasteiger partial charge is 2.00 e. The molecule has 1 aliphatic heterocycles. The van der Waals surface area contributed by atoms with Crippen LogP contribution < -0.4 is 4.74 Å². The van der Waals surface area contributed by atoms with Gasteiger partial charge in [0.1, 0.15) is 0 Å². The van der Waals surface area contributed by atoms with Crippen molar-refractivity contribution in [2.24, 2.45) is 0 Å². The second kappa shape index (κ2) is 5.04. The molecule has 1 aliphatic rings. The first kappa shape index (κ1) is 11.1. The quantitative estimate of drug-likeness (QED) is 0.353. The van der Waals surface area contributed by atoms with Crippen molar-refractivity contribution in [3.05, 3.63) is 48.0 Å². The molecule has 0 aliphatic carbocycles. The van der Waals surface area contributed by atoms with Crippen LogP contribution in [0.2, 0.25) is 0 Å². The smallest absolute Gasteiger partial charge is 0.565 e. The molecule has 2 aromatic carbocycles. The van der Waals surface area contributed by atoms with Crippen molar-refractivity contribution in [1.82, 2.24) is 0 Å². The molecule has 1 heterocycles. The molecule has 0 bridgehead atoms. The number of aryl methyl sites for hydroxylation is 1.